The van der Waals surface area contributed by atoms with E-state index in [-0.39, 0.29) is 11.9 Å². The summed E-state index contributed by atoms with van der Waals surface area (Å²) < 4.78 is 0. The van der Waals surface area contributed by atoms with E-state index in [0.717, 1.165) is 24.3 Å². The number of anilines is 2. The standard InChI is InChI=1S/C18H24N4O2/c1-13-10-14(21-8-5-18(6-9-21)11-19-12-18)2-3-15(13)22-7-4-16(23)20-17(22)24/h2-3,10,19H,4-9,11-12H2,1H3,(H,20,23,24). The molecule has 3 saturated heterocycles. The first-order valence-electron chi connectivity index (χ1n) is 8.74. The third kappa shape index (κ3) is 2.65. The molecule has 0 bridgehead atoms. The van der Waals surface area contributed by atoms with Gasteiger partial charge in [0, 0.05) is 50.5 Å². The van der Waals surface area contributed by atoms with E-state index in [1.54, 1.807) is 4.90 Å². The molecule has 3 fully saturated rings. The van der Waals surface area contributed by atoms with Crippen molar-refractivity contribution >= 4 is 23.3 Å². The van der Waals surface area contributed by atoms with Gasteiger partial charge in [-0.3, -0.25) is 15.0 Å². The molecule has 0 aliphatic carbocycles. The van der Waals surface area contributed by atoms with Crippen molar-refractivity contribution in [1.29, 1.82) is 0 Å². The zero-order valence-corrected chi connectivity index (χ0v) is 14.1. The largest absolute Gasteiger partial charge is 0.371 e. The zero-order valence-electron chi connectivity index (χ0n) is 14.1. The van der Waals surface area contributed by atoms with Crippen LogP contribution < -0.4 is 20.4 Å². The number of carbonyl (C=O) groups excluding carboxylic acids is 2. The third-order valence-corrected chi connectivity index (χ3v) is 5.71. The average molecular weight is 328 g/mol. The van der Waals surface area contributed by atoms with Gasteiger partial charge in [0.05, 0.1) is 0 Å². The number of rotatable bonds is 2. The lowest BCUT2D eigenvalue weighted by Gasteiger charge is -2.49. The second-order valence-corrected chi connectivity index (χ2v) is 7.32. The van der Waals surface area contributed by atoms with Crippen LogP contribution in [0.15, 0.2) is 18.2 Å². The minimum Gasteiger partial charge on any atom is -0.371 e. The Balaban J connectivity index is 1.48. The molecule has 0 aromatic heterocycles. The van der Waals surface area contributed by atoms with Gasteiger partial charge in [0.15, 0.2) is 0 Å². The Kier molecular flexibility index (Phi) is 3.72. The monoisotopic (exact) mass is 328 g/mol. The summed E-state index contributed by atoms with van der Waals surface area (Å²) in [7, 11) is 0. The van der Waals surface area contributed by atoms with E-state index in [9.17, 15) is 9.59 Å². The second kappa shape index (κ2) is 5.77. The predicted molar refractivity (Wildman–Crippen MR) is 93.4 cm³/mol. The van der Waals surface area contributed by atoms with Crippen LogP contribution in [0, 0.1) is 12.3 Å². The molecule has 3 aliphatic rings. The normalized spacial score (nSPS) is 23.2. The molecule has 2 N–H and O–H groups in total. The maximum absolute atomic E-state index is 12.0. The summed E-state index contributed by atoms with van der Waals surface area (Å²) in [5.74, 6) is -0.196. The highest BCUT2D eigenvalue weighted by molar-refractivity contribution is 6.06. The van der Waals surface area contributed by atoms with Gasteiger partial charge in [-0.15, -0.1) is 0 Å². The van der Waals surface area contributed by atoms with Gasteiger partial charge in [-0.05, 0) is 48.9 Å². The van der Waals surface area contributed by atoms with E-state index < -0.39 is 0 Å². The van der Waals surface area contributed by atoms with Crippen LogP contribution in [-0.2, 0) is 4.79 Å². The van der Waals surface area contributed by atoms with E-state index in [1.165, 1.54) is 31.6 Å². The minimum atomic E-state index is -0.320. The van der Waals surface area contributed by atoms with Crippen LogP contribution in [0.2, 0.25) is 0 Å². The quantitative estimate of drug-likeness (QED) is 0.866. The molecular weight excluding hydrogens is 304 g/mol. The summed E-state index contributed by atoms with van der Waals surface area (Å²) in [6.45, 7) is 7.01. The van der Waals surface area contributed by atoms with Gasteiger partial charge in [-0.1, -0.05) is 0 Å². The number of hydrogen-bond acceptors (Lipinski definition) is 4. The lowest BCUT2D eigenvalue weighted by atomic mass is 9.73. The molecule has 1 spiro atoms. The van der Waals surface area contributed by atoms with Crippen molar-refractivity contribution in [2.75, 3.05) is 42.5 Å². The highest BCUT2D eigenvalue weighted by Gasteiger charge is 2.39. The average Bonchev–Trinajstić information content (AvgIpc) is 2.54. The van der Waals surface area contributed by atoms with Crippen LogP contribution in [0.1, 0.15) is 24.8 Å². The van der Waals surface area contributed by atoms with Crippen LogP contribution in [0.25, 0.3) is 0 Å². The fourth-order valence-electron chi connectivity index (χ4n) is 4.00. The van der Waals surface area contributed by atoms with E-state index >= 15 is 0 Å². The molecule has 0 saturated carbocycles. The molecule has 3 heterocycles. The van der Waals surface area contributed by atoms with E-state index in [2.05, 4.69) is 27.7 Å². The fourth-order valence-corrected chi connectivity index (χ4v) is 4.00. The summed E-state index contributed by atoms with van der Waals surface area (Å²) in [4.78, 5) is 27.4. The maximum Gasteiger partial charge on any atom is 0.328 e. The van der Waals surface area contributed by atoms with E-state index in [4.69, 9.17) is 0 Å². The number of amides is 3. The fraction of sp³-hybridized carbons (Fsp3) is 0.556. The number of carbonyl (C=O) groups is 2. The van der Waals surface area contributed by atoms with E-state index in [0.29, 0.717) is 18.4 Å². The topological polar surface area (TPSA) is 64.7 Å². The Labute approximate surface area is 142 Å². The lowest BCUT2D eigenvalue weighted by molar-refractivity contribution is -0.120. The Morgan fingerprint density at radius 3 is 2.42 bits per heavy atom. The lowest BCUT2D eigenvalue weighted by Crippen LogP contribution is -2.58. The Morgan fingerprint density at radius 1 is 1.08 bits per heavy atom. The second-order valence-electron chi connectivity index (χ2n) is 7.32. The van der Waals surface area contributed by atoms with Crippen LogP contribution in [0.3, 0.4) is 0 Å². The number of hydrogen-bond donors (Lipinski definition) is 2. The molecule has 3 aliphatic heterocycles. The van der Waals surface area contributed by atoms with Crippen LogP contribution in [0.4, 0.5) is 16.2 Å². The van der Waals surface area contributed by atoms with Gasteiger partial charge in [-0.25, -0.2) is 4.79 Å². The van der Waals surface area contributed by atoms with Crippen molar-refractivity contribution in [3.05, 3.63) is 23.8 Å². The first kappa shape index (κ1) is 15.4. The SMILES string of the molecule is Cc1cc(N2CCC3(CC2)CNC3)ccc1N1CCC(=O)NC1=O. The minimum absolute atomic E-state index is 0.196. The van der Waals surface area contributed by atoms with Crippen molar-refractivity contribution < 1.29 is 9.59 Å². The molecule has 1 aromatic rings. The van der Waals surface area contributed by atoms with Gasteiger partial charge < -0.3 is 10.2 Å². The first-order chi connectivity index (χ1) is 11.6. The van der Waals surface area contributed by atoms with Gasteiger partial charge in [0.25, 0.3) is 0 Å². The Bertz CT molecular complexity index is 674. The molecule has 6 nitrogen and oxygen atoms in total. The number of imide groups is 1. The zero-order chi connectivity index (χ0) is 16.7. The number of piperidine rings is 1. The number of urea groups is 1. The molecular formula is C18H24N4O2. The van der Waals surface area contributed by atoms with Crippen molar-refractivity contribution in [3.63, 3.8) is 0 Å². The summed E-state index contributed by atoms with van der Waals surface area (Å²) in [6.07, 6.45) is 2.85. The summed E-state index contributed by atoms with van der Waals surface area (Å²) in [5, 5.41) is 5.79. The number of nitrogens with zero attached hydrogens (tertiary/aromatic N) is 2. The van der Waals surface area contributed by atoms with Crippen molar-refractivity contribution in [2.24, 2.45) is 5.41 Å². The molecule has 1 aromatic carbocycles. The summed E-state index contributed by atoms with van der Waals surface area (Å²) in [5.41, 5.74) is 3.74. The molecule has 3 amide bonds. The molecule has 0 atom stereocenters. The number of nitrogens with one attached hydrogen (secondary N) is 2. The predicted octanol–water partition coefficient (Wildman–Crippen LogP) is 1.63. The third-order valence-electron chi connectivity index (χ3n) is 5.71. The summed E-state index contributed by atoms with van der Waals surface area (Å²) in [6, 6.07) is 5.95. The smallest absolute Gasteiger partial charge is 0.328 e. The maximum atomic E-state index is 12.0. The van der Waals surface area contributed by atoms with Crippen LogP contribution >= 0.6 is 0 Å². The Hall–Kier alpha value is -2.08. The van der Waals surface area contributed by atoms with Crippen LogP contribution in [-0.4, -0.2) is 44.7 Å². The summed E-state index contributed by atoms with van der Waals surface area (Å²) >= 11 is 0. The highest BCUT2D eigenvalue weighted by atomic mass is 16.2. The highest BCUT2D eigenvalue weighted by Crippen LogP contribution is 2.37. The molecule has 24 heavy (non-hydrogen) atoms. The van der Waals surface area contributed by atoms with Crippen molar-refractivity contribution in [3.8, 4) is 0 Å². The van der Waals surface area contributed by atoms with Crippen LogP contribution in [0.5, 0.6) is 0 Å². The van der Waals surface area contributed by atoms with Gasteiger partial charge in [0.1, 0.15) is 0 Å². The molecule has 128 valence electrons. The van der Waals surface area contributed by atoms with E-state index in [1.807, 2.05) is 13.0 Å². The number of aryl methyl sites for hydroxylation is 1. The first-order valence-corrected chi connectivity index (χ1v) is 8.74. The van der Waals surface area contributed by atoms with Gasteiger partial charge >= 0.3 is 6.03 Å². The molecule has 4 rings (SSSR count). The van der Waals surface area contributed by atoms with Crippen molar-refractivity contribution in [1.82, 2.24) is 10.6 Å². The van der Waals surface area contributed by atoms with Gasteiger partial charge in [-0.2, -0.15) is 0 Å². The molecule has 6 heteroatoms. The molecule has 0 radical (unpaired) electrons. The molecule has 0 unspecified atom stereocenters. The van der Waals surface area contributed by atoms with Crippen molar-refractivity contribution in [2.45, 2.75) is 26.2 Å². The van der Waals surface area contributed by atoms with Gasteiger partial charge in [0.2, 0.25) is 5.91 Å². The Morgan fingerprint density at radius 2 is 1.83 bits per heavy atom. The number of benzene rings is 1.